The number of carbonyl (C=O) groups excluding carboxylic acids is 1. The fourth-order valence-corrected chi connectivity index (χ4v) is 1.61. The Morgan fingerprint density at radius 2 is 2.15 bits per heavy atom. The summed E-state index contributed by atoms with van der Waals surface area (Å²) in [5.74, 6) is 0.380. The Balaban J connectivity index is 2.32. The molecule has 0 aliphatic carbocycles. The second kappa shape index (κ2) is 8.16. The number of rotatable bonds is 5. The normalized spacial score (nSPS) is 9.50. The van der Waals surface area contributed by atoms with Gasteiger partial charge in [0.2, 0.25) is 0 Å². The zero-order chi connectivity index (χ0) is 15.0. The number of hydrogen-bond donors (Lipinski definition) is 3. The monoisotopic (exact) mass is 293 g/mol. The van der Waals surface area contributed by atoms with Gasteiger partial charge in [0.15, 0.2) is 11.7 Å². The highest BCUT2D eigenvalue weighted by Gasteiger charge is 2.05. The topological polar surface area (TPSA) is 62.4 Å². The van der Waals surface area contributed by atoms with Crippen molar-refractivity contribution in [3.63, 3.8) is 0 Å². The molecule has 0 fully saturated rings. The summed E-state index contributed by atoms with van der Waals surface area (Å²) in [5.41, 5.74) is 7.16. The van der Waals surface area contributed by atoms with Gasteiger partial charge in [-0.25, -0.2) is 0 Å². The maximum Gasteiger partial charge on any atom is 0.276 e. The third kappa shape index (κ3) is 5.71. The van der Waals surface area contributed by atoms with Gasteiger partial charge in [0, 0.05) is 6.54 Å². The number of hydrazine groups is 1. The van der Waals surface area contributed by atoms with Gasteiger partial charge in [-0.1, -0.05) is 23.8 Å². The molecule has 0 heterocycles. The van der Waals surface area contributed by atoms with Crippen molar-refractivity contribution in [1.29, 1.82) is 0 Å². The number of benzene rings is 1. The molecule has 0 aromatic heterocycles. The van der Waals surface area contributed by atoms with E-state index in [2.05, 4.69) is 22.7 Å². The Labute approximate surface area is 124 Å². The standard InChI is InChI=1S/C14H19N3O2S/c1-4-7-15-14(20)17-16-13(18)9-19-12-6-5-10(2)8-11(12)3/h4-6,8H,1,7,9H2,2-3H3,(H,16,18)(H2,15,17,20). The number of amides is 1. The molecule has 0 saturated carbocycles. The lowest BCUT2D eigenvalue weighted by atomic mass is 10.1. The summed E-state index contributed by atoms with van der Waals surface area (Å²) in [6, 6.07) is 5.79. The number of aryl methyl sites for hydroxylation is 2. The van der Waals surface area contributed by atoms with E-state index in [0.717, 1.165) is 11.1 Å². The average molecular weight is 293 g/mol. The summed E-state index contributed by atoms with van der Waals surface area (Å²) in [6.07, 6.45) is 1.67. The third-order valence-electron chi connectivity index (χ3n) is 2.41. The first-order valence-corrected chi connectivity index (χ1v) is 6.57. The molecule has 5 nitrogen and oxygen atoms in total. The minimum absolute atomic E-state index is 0.0824. The molecule has 0 spiro atoms. The second-order valence-electron chi connectivity index (χ2n) is 4.23. The van der Waals surface area contributed by atoms with E-state index >= 15 is 0 Å². The molecule has 1 rings (SSSR count). The molecule has 0 bridgehead atoms. The van der Waals surface area contributed by atoms with Crippen LogP contribution < -0.4 is 20.9 Å². The van der Waals surface area contributed by atoms with Crippen LogP contribution in [0.25, 0.3) is 0 Å². The minimum Gasteiger partial charge on any atom is -0.483 e. The zero-order valence-electron chi connectivity index (χ0n) is 11.7. The van der Waals surface area contributed by atoms with E-state index in [1.54, 1.807) is 6.08 Å². The fraction of sp³-hybridized carbons (Fsp3) is 0.286. The Bertz CT molecular complexity index is 503. The first-order valence-electron chi connectivity index (χ1n) is 6.16. The number of nitrogens with one attached hydrogen (secondary N) is 3. The highest BCUT2D eigenvalue weighted by atomic mass is 32.1. The van der Waals surface area contributed by atoms with Gasteiger partial charge in [-0.05, 0) is 37.7 Å². The van der Waals surface area contributed by atoms with E-state index in [1.165, 1.54) is 0 Å². The molecule has 0 saturated heterocycles. The van der Waals surface area contributed by atoms with Crippen LogP contribution in [0.15, 0.2) is 30.9 Å². The number of thiocarbonyl (C=S) groups is 1. The quantitative estimate of drug-likeness (QED) is 0.435. The van der Waals surface area contributed by atoms with E-state index in [-0.39, 0.29) is 12.5 Å². The molecular formula is C14H19N3O2S. The number of carbonyl (C=O) groups is 1. The van der Waals surface area contributed by atoms with Gasteiger partial charge in [-0.15, -0.1) is 6.58 Å². The fourth-order valence-electron chi connectivity index (χ4n) is 1.48. The molecule has 0 atom stereocenters. The van der Waals surface area contributed by atoms with Crippen LogP contribution in [-0.2, 0) is 4.79 Å². The summed E-state index contributed by atoms with van der Waals surface area (Å²) < 4.78 is 5.44. The summed E-state index contributed by atoms with van der Waals surface area (Å²) in [4.78, 5) is 11.6. The number of hydrogen-bond acceptors (Lipinski definition) is 3. The highest BCUT2D eigenvalue weighted by Crippen LogP contribution is 2.18. The first-order chi connectivity index (χ1) is 9.52. The van der Waals surface area contributed by atoms with E-state index < -0.39 is 0 Å². The predicted octanol–water partition coefficient (Wildman–Crippen LogP) is 1.36. The third-order valence-corrected chi connectivity index (χ3v) is 2.66. The van der Waals surface area contributed by atoms with Gasteiger partial charge in [-0.2, -0.15) is 0 Å². The molecule has 0 unspecified atom stereocenters. The summed E-state index contributed by atoms with van der Waals surface area (Å²) in [6.45, 7) is 7.94. The maximum atomic E-state index is 11.6. The first kappa shape index (κ1) is 16.0. The smallest absolute Gasteiger partial charge is 0.276 e. The van der Waals surface area contributed by atoms with Crippen molar-refractivity contribution in [3.05, 3.63) is 42.0 Å². The van der Waals surface area contributed by atoms with E-state index in [0.29, 0.717) is 17.4 Å². The van der Waals surface area contributed by atoms with Crippen LogP contribution in [-0.4, -0.2) is 24.2 Å². The van der Waals surface area contributed by atoms with Crippen molar-refractivity contribution in [3.8, 4) is 5.75 Å². The van der Waals surface area contributed by atoms with Crippen molar-refractivity contribution in [2.24, 2.45) is 0 Å². The summed E-state index contributed by atoms with van der Waals surface area (Å²) >= 11 is 4.93. The molecule has 1 aromatic rings. The molecule has 108 valence electrons. The Hall–Kier alpha value is -2.08. The van der Waals surface area contributed by atoms with Gasteiger partial charge in [0.1, 0.15) is 5.75 Å². The molecule has 3 N–H and O–H groups in total. The van der Waals surface area contributed by atoms with Crippen molar-refractivity contribution in [2.45, 2.75) is 13.8 Å². The van der Waals surface area contributed by atoms with Crippen LogP contribution in [0.5, 0.6) is 5.75 Å². The Kier molecular flexibility index (Phi) is 6.52. The van der Waals surface area contributed by atoms with Crippen LogP contribution in [0.2, 0.25) is 0 Å². The number of ether oxygens (including phenoxy) is 1. The maximum absolute atomic E-state index is 11.6. The average Bonchev–Trinajstić information content (AvgIpc) is 2.41. The van der Waals surface area contributed by atoms with Gasteiger partial charge in [0.05, 0.1) is 0 Å². The lowest BCUT2D eigenvalue weighted by Gasteiger charge is -2.12. The SMILES string of the molecule is C=CCNC(=S)NNC(=O)COc1ccc(C)cc1C. The minimum atomic E-state index is -0.312. The van der Waals surface area contributed by atoms with Crippen molar-refractivity contribution in [2.75, 3.05) is 13.2 Å². The molecule has 6 heteroatoms. The van der Waals surface area contributed by atoms with Crippen LogP contribution in [0, 0.1) is 13.8 Å². The second-order valence-corrected chi connectivity index (χ2v) is 4.64. The molecule has 0 aliphatic rings. The van der Waals surface area contributed by atoms with Crippen molar-refractivity contribution >= 4 is 23.2 Å². The lowest BCUT2D eigenvalue weighted by Crippen LogP contribution is -2.48. The van der Waals surface area contributed by atoms with Crippen molar-refractivity contribution < 1.29 is 9.53 Å². The van der Waals surface area contributed by atoms with E-state index in [9.17, 15) is 4.79 Å². The highest BCUT2D eigenvalue weighted by molar-refractivity contribution is 7.80. The predicted molar refractivity (Wildman–Crippen MR) is 83.5 cm³/mol. The molecule has 1 amide bonds. The molecular weight excluding hydrogens is 274 g/mol. The summed E-state index contributed by atoms with van der Waals surface area (Å²) in [5, 5.41) is 3.15. The van der Waals surface area contributed by atoms with E-state index in [1.807, 2.05) is 32.0 Å². The molecule has 20 heavy (non-hydrogen) atoms. The van der Waals surface area contributed by atoms with Crippen molar-refractivity contribution in [1.82, 2.24) is 16.2 Å². The Morgan fingerprint density at radius 1 is 1.40 bits per heavy atom. The summed E-state index contributed by atoms with van der Waals surface area (Å²) in [7, 11) is 0. The van der Waals surface area contributed by atoms with Crippen LogP contribution in [0.1, 0.15) is 11.1 Å². The van der Waals surface area contributed by atoms with Gasteiger partial charge in [0.25, 0.3) is 5.91 Å². The van der Waals surface area contributed by atoms with E-state index in [4.69, 9.17) is 17.0 Å². The zero-order valence-corrected chi connectivity index (χ0v) is 12.5. The van der Waals surface area contributed by atoms with Crippen LogP contribution in [0.3, 0.4) is 0 Å². The van der Waals surface area contributed by atoms with Crippen LogP contribution >= 0.6 is 12.2 Å². The molecule has 1 aromatic carbocycles. The Morgan fingerprint density at radius 3 is 2.80 bits per heavy atom. The van der Waals surface area contributed by atoms with Gasteiger partial charge < -0.3 is 10.1 Å². The lowest BCUT2D eigenvalue weighted by molar-refractivity contribution is -0.123. The largest absolute Gasteiger partial charge is 0.483 e. The van der Waals surface area contributed by atoms with Gasteiger partial charge >= 0.3 is 0 Å². The van der Waals surface area contributed by atoms with Crippen LogP contribution in [0.4, 0.5) is 0 Å². The van der Waals surface area contributed by atoms with Gasteiger partial charge in [-0.3, -0.25) is 15.6 Å². The molecule has 0 aliphatic heterocycles. The molecule has 0 radical (unpaired) electrons.